The van der Waals surface area contributed by atoms with Crippen LogP contribution < -0.4 is 0 Å². The Hall–Kier alpha value is -2.33. The second-order valence-electron chi connectivity index (χ2n) is 4.41. The maximum Gasteiger partial charge on any atom is 0.208 e. The second kappa shape index (κ2) is 4.98. The number of para-hydroxylation sites is 1. The molecule has 0 N–H and O–H groups in total. The normalized spacial score (nSPS) is 11.4. The van der Waals surface area contributed by atoms with E-state index in [4.69, 9.17) is 0 Å². The summed E-state index contributed by atoms with van der Waals surface area (Å²) in [6.07, 6.45) is 3.39. The number of aromatic nitrogens is 1. The molecule has 0 bridgehead atoms. The lowest BCUT2D eigenvalue weighted by Crippen LogP contribution is -2.00. The van der Waals surface area contributed by atoms with Gasteiger partial charge in [0.25, 0.3) is 0 Å². The fourth-order valence-corrected chi connectivity index (χ4v) is 3.31. The minimum Gasteiger partial charge on any atom is -0.323 e. The zero-order chi connectivity index (χ0) is 14.0. The van der Waals surface area contributed by atoms with Crippen LogP contribution in [0.25, 0.3) is 5.69 Å². The van der Waals surface area contributed by atoms with E-state index in [1.165, 1.54) is 0 Å². The fourth-order valence-electron chi connectivity index (χ4n) is 2.03. The fraction of sp³-hybridized carbons (Fsp3) is 0. The molecular weight excluding hydrogens is 270 g/mol. The molecule has 0 saturated heterocycles. The van der Waals surface area contributed by atoms with E-state index in [9.17, 15) is 8.42 Å². The van der Waals surface area contributed by atoms with Gasteiger partial charge in [-0.25, -0.2) is 8.42 Å². The van der Waals surface area contributed by atoms with Crippen LogP contribution in [0.1, 0.15) is 0 Å². The van der Waals surface area contributed by atoms with Gasteiger partial charge < -0.3 is 4.57 Å². The molecule has 0 saturated carbocycles. The van der Waals surface area contributed by atoms with Gasteiger partial charge >= 0.3 is 0 Å². The zero-order valence-corrected chi connectivity index (χ0v) is 11.5. The third-order valence-electron chi connectivity index (χ3n) is 3.08. The molecule has 0 aliphatic carbocycles. The maximum absolute atomic E-state index is 12.5. The third kappa shape index (κ3) is 2.26. The summed E-state index contributed by atoms with van der Waals surface area (Å²) in [5.41, 5.74) is 0.932. The van der Waals surface area contributed by atoms with Crippen LogP contribution in [0, 0.1) is 0 Å². The standard InChI is InChI=1S/C16H13NO2S/c18-20(19,15-9-5-2-6-10-15)16-11-12-17(13-16)14-7-3-1-4-8-14/h1-13H. The van der Waals surface area contributed by atoms with E-state index in [-0.39, 0.29) is 0 Å². The monoisotopic (exact) mass is 283 g/mol. The molecule has 0 unspecified atom stereocenters. The van der Waals surface area contributed by atoms with E-state index in [0.29, 0.717) is 9.79 Å². The van der Waals surface area contributed by atoms with Crippen molar-refractivity contribution in [3.8, 4) is 5.69 Å². The Morgan fingerprint density at radius 1 is 0.700 bits per heavy atom. The summed E-state index contributed by atoms with van der Waals surface area (Å²) in [6.45, 7) is 0. The Balaban J connectivity index is 2.03. The number of hydrogen-bond donors (Lipinski definition) is 0. The van der Waals surface area contributed by atoms with Gasteiger partial charge in [-0.15, -0.1) is 0 Å². The molecule has 0 radical (unpaired) electrons. The van der Waals surface area contributed by atoms with Crippen molar-refractivity contribution in [2.24, 2.45) is 0 Å². The molecule has 0 atom stereocenters. The van der Waals surface area contributed by atoms with Crippen molar-refractivity contribution in [3.05, 3.63) is 79.1 Å². The van der Waals surface area contributed by atoms with Gasteiger partial charge in [-0.05, 0) is 30.3 Å². The maximum atomic E-state index is 12.5. The Kier molecular flexibility index (Phi) is 3.16. The highest BCUT2D eigenvalue weighted by molar-refractivity contribution is 7.91. The molecule has 100 valence electrons. The van der Waals surface area contributed by atoms with Crippen molar-refractivity contribution in [1.82, 2.24) is 4.57 Å². The van der Waals surface area contributed by atoms with Gasteiger partial charge in [0.05, 0.1) is 9.79 Å². The average Bonchev–Trinajstić information content (AvgIpc) is 3.00. The van der Waals surface area contributed by atoms with Crippen LogP contribution in [0.5, 0.6) is 0 Å². The highest BCUT2D eigenvalue weighted by Gasteiger charge is 2.18. The smallest absolute Gasteiger partial charge is 0.208 e. The topological polar surface area (TPSA) is 39.1 Å². The van der Waals surface area contributed by atoms with Gasteiger partial charge in [-0.3, -0.25) is 0 Å². The Morgan fingerprint density at radius 3 is 1.95 bits per heavy atom. The molecular formula is C16H13NO2S. The largest absolute Gasteiger partial charge is 0.323 e. The van der Waals surface area contributed by atoms with Crippen molar-refractivity contribution in [1.29, 1.82) is 0 Å². The highest BCUT2D eigenvalue weighted by atomic mass is 32.2. The Labute approximate surface area is 118 Å². The molecule has 1 aromatic heterocycles. The number of hydrogen-bond acceptors (Lipinski definition) is 2. The van der Waals surface area contributed by atoms with Crippen LogP contribution in [0.2, 0.25) is 0 Å². The van der Waals surface area contributed by atoms with Crippen molar-refractivity contribution >= 4 is 9.84 Å². The molecule has 0 amide bonds. The summed E-state index contributed by atoms with van der Waals surface area (Å²) in [4.78, 5) is 0.610. The Bertz CT molecular complexity index is 806. The quantitative estimate of drug-likeness (QED) is 0.739. The first-order chi connectivity index (χ1) is 9.68. The molecule has 2 aromatic carbocycles. The van der Waals surface area contributed by atoms with Crippen LogP contribution in [0.15, 0.2) is 88.9 Å². The molecule has 3 rings (SSSR count). The minimum absolute atomic E-state index is 0.299. The molecule has 0 spiro atoms. The van der Waals surface area contributed by atoms with Crippen LogP contribution in [-0.2, 0) is 9.84 Å². The van der Waals surface area contributed by atoms with Gasteiger partial charge in [-0.2, -0.15) is 0 Å². The van der Waals surface area contributed by atoms with Gasteiger partial charge in [-0.1, -0.05) is 36.4 Å². The van der Waals surface area contributed by atoms with Crippen LogP contribution in [-0.4, -0.2) is 13.0 Å². The summed E-state index contributed by atoms with van der Waals surface area (Å²) in [7, 11) is -3.45. The summed E-state index contributed by atoms with van der Waals surface area (Å²) in [6, 6.07) is 19.7. The Morgan fingerprint density at radius 2 is 1.30 bits per heavy atom. The summed E-state index contributed by atoms with van der Waals surface area (Å²) >= 11 is 0. The predicted octanol–water partition coefficient (Wildman–Crippen LogP) is 3.31. The lowest BCUT2D eigenvalue weighted by atomic mass is 10.3. The van der Waals surface area contributed by atoms with Crippen LogP contribution >= 0.6 is 0 Å². The number of rotatable bonds is 3. The van der Waals surface area contributed by atoms with Crippen molar-refractivity contribution < 1.29 is 8.42 Å². The van der Waals surface area contributed by atoms with Crippen molar-refractivity contribution in [2.75, 3.05) is 0 Å². The van der Waals surface area contributed by atoms with Gasteiger partial charge in [0.15, 0.2) is 0 Å². The zero-order valence-electron chi connectivity index (χ0n) is 10.7. The molecule has 3 nitrogen and oxygen atoms in total. The highest BCUT2D eigenvalue weighted by Crippen LogP contribution is 2.22. The SMILES string of the molecule is O=S(=O)(c1ccccc1)c1ccn(-c2ccccc2)c1. The number of benzene rings is 2. The van der Waals surface area contributed by atoms with E-state index in [2.05, 4.69) is 0 Å². The van der Waals surface area contributed by atoms with E-state index in [1.54, 1.807) is 53.4 Å². The van der Waals surface area contributed by atoms with E-state index >= 15 is 0 Å². The first-order valence-corrected chi connectivity index (χ1v) is 7.70. The van der Waals surface area contributed by atoms with Gasteiger partial charge in [0.2, 0.25) is 9.84 Å². The first-order valence-electron chi connectivity index (χ1n) is 6.21. The van der Waals surface area contributed by atoms with Gasteiger partial charge in [0.1, 0.15) is 0 Å². The molecule has 4 heteroatoms. The minimum atomic E-state index is -3.45. The third-order valence-corrected chi connectivity index (χ3v) is 4.84. The second-order valence-corrected chi connectivity index (χ2v) is 6.36. The molecule has 3 aromatic rings. The lowest BCUT2D eigenvalue weighted by Gasteiger charge is -2.03. The number of sulfone groups is 1. The molecule has 0 fully saturated rings. The molecule has 20 heavy (non-hydrogen) atoms. The van der Waals surface area contributed by atoms with Gasteiger partial charge in [0, 0.05) is 18.1 Å². The van der Waals surface area contributed by atoms with Crippen LogP contribution in [0.3, 0.4) is 0 Å². The summed E-state index contributed by atoms with van der Waals surface area (Å²) in [5, 5.41) is 0. The van der Waals surface area contributed by atoms with E-state index in [1.807, 2.05) is 30.3 Å². The van der Waals surface area contributed by atoms with E-state index in [0.717, 1.165) is 5.69 Å². The summed E-state index contributed by atoms with van der Waals surface area (Å²) < 4.78 is 26.7. The van der Waals surface area contributed by atoms with Crippen molar-refractivity contribution in [2.45, 2.75) is 9.79 Å². The van der Waals surface area contributed by atoms with E-state index < -0.39 is 9.84 Å². The van der Waals surface area contributed by atoms with Crippen molar-refractivity contribution in [3.63, 3.8) is 0 Å². The van der Waals surface area contributed by atoms with Crippen LogP contribution in [0.4, 0.5) is 0 Å². The number of nitrogens with zero attached hydrogens (tertiary/aromatic N) is 1. The molecule has 1 heterocycles. The average molecular weight is 283 g/mol. The molecule has 0 aliphatic heterocycles. The predicted molar refractivity (Wildman–Crippen MR) is 77.7 cm³/mol. The summed E-state index contributed by atoms with van der Waals surface area (Å²) in [5.74, 6) is 0. The first kappa shape index (κ1) is 12.7. The lowest BCUT2D eigenvalue weighted by molar-refractivity contribution is 0.596. The molecule has 0 aliphatic rings.